The predicted octanol–water partition coefficient (Wildman–Crippen LogP) is 2.32. The molecule has 3 N–H and O–H groups in total. The third kappa shape index (κ3) is 3.05. The lowest BCUT2D eigenvalue weighted by molar-refractivity contribution is 0.690. The van der Waals surface area contributed by atoms with Crippen molar-refractivity contribution >= 4 is 17.0 Å². The van der Waals surface area contributed by atoms with Crippen molar-refractivity contribution in [1.82, 2.24) is 10.3 Å². The van der Waals surface area contributed by atoms with E-state index in [4.69, 9.17) is 5.73 Å². The van der Waals surface area contributed by atoms with Crippen LogP contribution in [-0.2, 0) is 13.1 Å². The highest BCUT2D eigenvalue weighted by Crippen LogP contribution is 2.11. The van der Waals surface area contributed by atoms with Gasteiger partial charge in [-0.1, -0.05) is 12.1 Å². The molecule has 3 nitrogen and oxygen atoms in total. The van der Waals surface area contributed by atoms with E-state index < -0.39 is 0 Å². The Bertz CT molecular complexity index is 448. The molecule has 0 saturated heterocycles. The number of hydrogen-bond acceptors (Lipinski definition) is 4. The molecule has 1 heterocycles. The van der Waals surface area contributed by atoms with E-state index in [0.29, 0.717) is 0 Å². The van der Waals surface area contributed by atoms with Gasteiger partial charge in [0.1, 0.15) is 5.01 Å². The minimum atomic E-state index is 0.805. The van der Waals surface area contributed by atoms with Crippen LogP contribution in [0.4, 0.5) is 5.69 Å². The zero-order chi connectivity index (χ0) is 11.4. The minimum Gasteiger partial charge on any atom is -0.399 e. The van der Waals surface area contributed by atoms with Gasteiger partial charge in [-0.3, -0.25) is 0 Å². The van der Waals surface area contributed by atoms with Crippen LogP contribution in [0.3, 0.4) is 0 Å². The van der Waals surface area contributed by atoms with Crippen molar-refractivity contribution in [2.24, 2.45) is 0 Å². The summed E-state index contributed by atoms with van der Waals surface area (Å²) in [6.07, 6.45) is 1.91. The van der Waals surface area contributed by atoms with E-state index in [-0.39, 0.29) is 0 Å². The number of nitrogen functional groups attached to an aromatic ring is 1. The lowest BCUT2D eigenvalue weighted by Crippen LogP contribution is -2.12. The molecule has 2 rings (SSSR count). The fourth-order valence-corrected chi connectivity index (χ4v) is 2.19. The SMILES string of the molecule is Cc1cnc(CNCc2ccc(N)cc2)s1. The highest BCUT2D eigenvalue weighted by Gasteiger charge is 1.98. The quantitative estimate of drug-likeness (QED) is 0.797. The number of thiazole rings is 1. The number of hydrogen-bond donors (Lipinski definition) is 2. The second kappa shape index (κ2) is 5.09. The van der Waals surface area contributed by atoms with Crippen LogP contribution in [0.15, 0.2) is 30.5 Å². The second-order valence-electron chi connectivity index (χ2n) is 3.71. The lowest BCUT2D eigenvalue weighted by Gasteiger charge is -2.03. The Kier molecular flexibility index (Phi) is 3.54. The Hall–Kier alpha value is -1.39. The molecule has 0 aliphatic heterocycles. The van der Waals surface area contributed by atoms with Crippen molar-refractivity contribution in [3.63, 3.8) is 0 Å². The van der Waals surface area contributed by atoms with Gasteiger partial charge in [-0.2, -0.15) is 0 Å². The van der Waals surface area contributed by atoms with Gasteiger partial charge in [0.05, 0.1) is 0 Å². The zero-order valence-electron chi connectivity index (χ0n) is 9.23. The number of nitrogens with zero attached hydrogens (tertiary/aromatic N) is 1. The van der Waals surface area contributed by atoms with E-state index in [9.17, 15) is 0 Å². The van der Waals surface area contributed by atoms with E-state index in [0.717, 1.165) is 23.8 Å². The van der Waals surface area contributed by atoms with Gasteiger partial charge >= 0.3 is 0 Å². The average molecular weight is 233 g/mol. The number of nitrogens with two attached hydrogens (primary N) is 1. The van der Waals surface area contributed by atoms with Crippen molar-refractivity contribution in [1.29, 1.82) is 0 Å². The molecule has 0 spiro atoms. The molecule has 2 aromatic rings. The number of benzene rings is 1. The first-order valence-electron chi connectivity index (χ1n) is 5.20. The van der Waals surface area contributed by atoms with Gasteiger partial charge < -0.3 is 11.1 Å². The van der Waals surface area contributed by atoms with Crippen LogP contribution in [0.1, 0.15) is 15.4 Å². The van der Waals surface area contributed by atoms with Gasteiger partial charge in [0, 0.05) is 29.9 Å². The summed E-state index contributed by atoms with van der Waals surface area (Å²) < 4.78 is 0. The summed E-state index contributed by atoms with van der Waals surface area (Å²) in [5.41, 5.74) is 7.66. The first-order chi connectivity index (χ1) is 7.74. The number of aromatic nitrogens is 1. The predicted molar refractivity (Wildman–Crippen MR) is 68.2 cm³/mol. The summed E-state index contributed by atoms with van der Waals surface area (Å²) in [6.45, 7) is 3.74. The topological polar surface area (TPSA) is 50.9 Å². The average Bonchev–Trinajstić information content (AvgIpc) is 2.67. The van der Waals surface area contributed by atoms with E-state index in [1.807, 2.05) is 30.5 Å². The monoisotopic (exact) mass is 233 g/mol. The molecule has 1 aromatic carbocycles. The number of nitrogens with one attached hydrogen (secondary N) is 1. The molecule has 0 fully saturated rings. The Morgan fingerprint density at radius 3 is 2.62 bits per heavy atom. The smallest absolute Gasteiger partial charge is 0.107 e. The molecular formula is C12H15N3S. The molecule has 0 saturated carbocycles. The zero-order valence-corrected chi connectivity index (χ0v) is 10.1. The van der Waals surface area contributed by atoms with Crippen molar-refractivity contribution in [3.05, 3.63) is 45.9 Å². The summed E-state index contributed by atoms with van der Waals surface area (Å²) in [6, 6.07) is 7.92. The fraction of sp³-hybridized carbons (Fsp3) is 0.250. The van der Waals surface area contributed by atoms with Crippen molar-refractivity contribution in [2.75, 3.05) is 5.73 Å². The van der Waals surface area contributed by atoms with E-state index in [1.54, 1.807) is 11.3 Å². The van der Waals surface area contributed by atoms with Crippen molar-refractivity contribution in [3.8, 4) is 0 Å². The maximum Gasteiger partial charge on any atom is 0.107 e. The van der Waals surface area contributed by atoms with Gasteiger partial charge in [-0.25, -0.2) is 4.98 Å². The molecular weight excluding hydrogens is 218 g/mol. The molecule has 16 heavy (non-hydrogen) atoms. The van der Waals surface area contributed by atoms with Crippen LogP contribution in [0.5, 0.6) is 0 Å². The summed E-state index contributed by atoms with van der Waals surface area (Å²) in [5, 5.41) is 4.49. The highest BCUT2D eigenvalue weighted by molar-refractivity contribution is 7.11. The molecule has 0 aliphatic rings. The number of aryl methyl sites for hydroxylation is 1. The molecule has 0 bridgehead atoms. The second-order valence-corrected chi connectivity index (χ2v) is 5.03. The van der Waals surface area contributed by atoms with Crippen LogP contribution in [0.2, 0.25) is 0 Å². The van der Waals surface area contributed by atoms with Gasteiger partial charge in [0.2, 0.25) is 0 Å². The molecule has 0 atom stereocenters. The summed E-state index contributed by atoms with van der Waals surface area (Å²) in [5.74, 6) is 0. The van der Waals surface area contributed by atoms with Crippen LogP contribution in [-0.4, -0.2) is 4.98 Å². The Balaban J connectivity index is 1.82. The van der Waals surface area contributed by atoms with E-state index in [2.05, 4.69) is 17.2 Å². The van der Waals surface area contributed by atoms with Gasteiger partial charge in [-0.15, -0.1) is 11.3 Å². The van der Waals surface area contributed by atoms with Crippen molar-refractivity contribution < 1.29 is 0 Å². The molecule has 4 heteroatoms. The minimum absolute atomic E-state index is 0.805. The highest BCUT2D eigenvalue weighted by atomic mass is 32.1. The molecule has 84 valence electrons. The summed E-state index contributed by atoms with van der Waals surface area (Å²) in [4.78, 5) is 5.55. The number of rotatable bonds is 4. The molecule has 0 aliphatic carbocycles. The Labute approximate surface area is 99.3 Å². The van der Waals surface area contributed by atoms with E-state index in [1.165, 1.54) is 10.4 Å². The largest absolute Gasteiger partial charge is 0.399 e. The number of anilines is 1. The summed E-state index contributed by atoms with van der Waals surface area (Å²) in [7, 11) is 0. The fourth-order valence-electron chi connectivity index (χ4n) is 1.43. The molecule has 1 aromatic heterocycles. The normalized spacial score (nSPS) is 10.6. The third-order valence-corrected chi connectivity index (χ3v) is 3.17. The maximum absolute atomic E-state index is 5.62. The first-order valence-corrected chi connectivity index (χ1v) is 6.02. The van der Waals surface area contributed by atoms with Crippen LogP contribution in [0, 0.1) is 6.92 Å². The lowest BCUT2D eigenvalue weighted by atomic mass is 10.2. The molecule has 0 amide bonds. The Morgan fingerprint density at radius 2 is 2.00 bits per heavy atom. The van der Waals surface area contributed by atoms with Crippen LogP contribution >= 0.6 is 11.3 Å². The molecule has 0 unspecified atom stereocenters. The first kappa shape index (κ1) is 11.1. The summed E-state index contributed by atoms with van der Waals surface area (Å²) >= 11 is 1.73. The van der Waals surface area contributed by atoms with Crippen LogP contribution in [0.25, 0.3) is 0 Å². The van der Waals surface area contributed by atoms with Gasteiger partial charge in [-0.05, 0) is 24.6 Å². The standard InChI is InChI=1S/C12H15N3S/c1-9-6-15-12(16-9)8-14-7-10-2-4-11(13)5-3-10/h2-6,14H,7-8,13H2,1H3. The van der Waals surface area contributed by atoms with Crippen LogP contribution < -0.4 is 11.1 Å². The molecule has 0 radical (unpaired) electrons. The third-order valence-electron chi connectivity index (χ3n) is 2.25. The van der Waals surface area contributed by atoms with E-state index >= 15 is 0 Å². The van der Waals surface area contributed by atoms with Crippen molar-refractivity contribution in [2.45, 2.75) is 20.0 Å². The van der Waals surface area contributed by atoms with Gasteiger partial charge in [0.25, 0.3) is 0 Å². The Morgan fingerprint density at radius 1 is 1.25 bits per heavy atom. The van der Waals surface area contributed by atoms with Gasteiger partial charge in [0.15, 0.2) is 0 Å². The maximum atomic E-state index is 5.62.